The van der Waals surface area contributed by atoms with Gasteiger partial charge in [0.2, 0.25) is 11.8 Å². The first-order valence-electron chi connectivity index (χ1n) is 7.50. The van der Waals surface area contributed by atoms with Gasteiger partial charge in [-0.25, -0.2) is 4.98 Å². The maximum absolute atomic E-state index is 12.3. The van der Waals surface area contributed by atoms with E-state index < -0.39 is 17.8 Å². The lowest BCUT2D eigenvalue weighted by atomic mass is 9.82. The zero-order chi connectivity index (χ0) is 16.4. The lowest BCUT2D eigenvalue weighted by Gasteiger charge is -2.23. The number of pyridine rings is 1. The van der Waals surface area contributed by atoms with Gasteiger partial charge in [0.1, 0.15) is 11.6 Å². The Labute approximate surface area is 138 Å². The number of hydrogen-bond acceptors (Lipinski definition) is 4. The van der Waals surface area contributed by atoms with Gasteiger partial charge in [-0.1, -0.05) is 23.8 Å². The van der Waals surface area contributed by atoms with Crippen LogP contribution in [0.1, 0.15) is 6.42 Å². The summed E-state index contributed by atoms with van der Waals surface area (Å²) < 4.78 is 5.40. The highest BCUT2D eigenvalue weighted by Crippen LogP contribution is 2.48. The van der Waals surface area contributed by atoms with E-state index in [0.717, 1.165) is 6.42 Å². The van der Waals surface area contributed by atoms with E-state index in [2.05, 4.69) is 10.3 Å². The number of fused-ring (bicyclic) bond motifs is 2. The molecule has 1 amide bonds. The molecule has 2 aliphatic carbocycles. The third-order valence-corrected chi connectivity index (χ3v) is 4.70. The fraction of sp³-hybridized carbons (Fsp3) is 0.438. The average Bonchev–Trinajstić information content (AvgIpc) is 3.13. The van der Waals surface area contributed by atoms with Crippen LogP contribution in [0.4, 0.5) is 0 Å². The van der Waals surface area contributed by atoms with Crippen LogP contribution in [0, 0.1) is 23.7 Å². The smallest absolute Gasteiger partial charge is 0.307 e. The highest BCUT2D eigenvalue weighted by atomic mass is 35.5. The first kappa shape index (κ1) is 15.8. The van der Waals surface area contributed by atoms with Gasteiger partial charge < -0.3 is 15.2 Å². The molecule has 4 atom stereocenters. The average molecular weight is 337 g/mol. The molecule has 6 nitrogen and oxygen atoms in total. The molecule has 1 heterocycles. The minimum atomic E-state index is -0.904. The summed E-state index contributed by atoms with van der Waals surface area (Å²) in [6.07, 6.45) is 6.19. The van der Waals surface area contributed by atoms with Crippen molar-refractivity contribution in [3.63, 3.8) is 0 Å². The molecular weight excluding hydrogens is 320 g/mol. The van der Waals surface area contributed by atoms with Crippen molar-refractivity contribution in [2.45, 2.75) is 6.42 Å². The molecule has 0 spiro atoms. The van der Waals surface area contributed by atoms with Crippen LogP contribution in [-0.4, -0.2) is 35.1 Å². The Morgan fingerprint density at radius 1 is 1.35 bits per heavy atom. The first-order chi connectivity index (χ1) is 11.1. The third kappa shape index (κ3) is 3.17. The maximum Gasteiger partial charge on any atom is 0.307 e. The SMILES string of the molecule is O=C(O)C1C2C=CC(C2)C1C(=O)NCCOc1ncccc1Cl. The van der Waals surface area contributed by atoms with Gasteiger partial charge in [0.25, 0.3) is 0 Å². The van der Waals surface area contributed by atoms with Gasteiger partial charge in [-0.2, -0.15) is 0 Å². The standard InChI is InChI=1S/C16H17ClN2O4/c17-11-2-1-5-19-15(11)23-7-6-18-14(20)12-9-3-4-10(8-9)13(12)16(21)22/h1-5,9-10,12-13H,6-8H2,(H,18,20)(H,21,22). The van der Waals surface area contributed by atoms with Crippen LogP contribution in [0.5, 0.6) is 5.88 Å². The second kappa shape index (κ2) is 6.58. The number of nitrogens with one attached hydrogen (secondary N) is 1. The lowest BCUT2D eigenvalue weighted by Crippen LogP contribution is -2.41. The number of carbonyl (C=O) groups excluding carboxylic acids is 1. The zero-order valence-corrected chi connectivity index (χ0v) is 13.1. The Bertz CT molecular complexity index is 649. The topological polar surface area (TPSA) is 88.5 Å². The number of carbonyl (C=O) groups is 2. The van der Waals surface area contributed by atoms with Crippen LogP contribution >= 0.6 is 11.6 Å². The monoisotopic (exact) mass is 336 g/mol. The molecule has 122 valence electrons. The summed E-state index contributed by atoms with van der Waals surface area (Å²) in [5.74, 6) is -1.96. The molecule has 0 aromatic carbocycles. The van der Waals surface area contributed by atoms with E-state index in [9.17, 15) is 14.7 Å². The molecule has 7 heteroatoms. The number of aliphatic carboxylic acids is 1. The molecule has 0 aliphatic heterocycles. The number of carboxylic acids is 1. The van der Waals surface area contributed by atoms with E-state index in [1.54, 1.807) is 18.3 Å². The summed E-state index contributed by atoms with van der Waals surface area (Å²) in [5.41, 5.74) is 0. The van der Waals surface area contributed by atoms with Gasteiger partial charge in [0, 0.05) is 6.20 Å². The minimum absolute atomic E-state index is 0.0206. The van der Waals surface area contributed by atoms with E-state index in [4.69, 9.17) is 16.3 Å². The molecule has 0 radical (unpaired) electrons. The molecule has 2 N–H and O–H groups in total. The maximum atomic E-state index is 12.3. The largest absolute Gasteiger partial charge is 0.481 e. The molecule has 2 bridgehead atoms. The van der Waals surface area contributed by atoms with Crippen molar-refractivity contribution >= 4 is 23.5 Å². The number of nitrogens with zero attached hydrogens (tertiary/aromatic N) is 1. The van der Waals surface area contributed by atoms with Gasteiger partial charge in [-0.3, -0.25) is 9.59 Å². The molecule has 0 saturated heterocycles. The van der Waals surface area contributed by atoms with Crippen LogP contribution in [0.3, 0.4) is 0 Å². The second-order valence-electron chi connectivity index (χ2n) is 5.77. The fourth-order valence-electron chi connectivity index (χ4n) is 3.43. The Morgan fingerprint density at radius 3 is 2.78 bits per heavy atom. The Balaban J connectivity index is 1.51. The van der Waals surface area contributed by atoms with Gasteiger partial charge in [-0.15, -0.1) is 0 Å². The van der Waals surface area contributed by atoms with Crippen molar-refractivity contribution in [1.29, 1.82) is 0 Å². The predicted molar refractivity (Wildman–Crippen MR) is 83.1 cm³/mol. The van der Waals surface area contributed by atoms with Crippen molar-refractivity contribution in [1.82, 2.24) is 10.3 Å². The summed E-state index contributed by atoms with van der Waals surface area (Å²) in [7, 11) is 0. The number of amides is 1. The highest BCUT2D eigenvalue weighted by Gasteiger charge is 2.51. The van der Waals surface area contributed by atoms with Crippen LogP contribution in [0.2, 0.25) is 5.02 Å². The molecular formula is C16H17ClN2O4. The molecule has 1 fully saturated rings. The molecule has 2 aliphatic rings. The lowest BCUT2D eigenvalue weighted by molar-refractivity contribution is -0.147. The molecule has 1 aromatic rings. The summed E-state index contributed by atoms with van der Waals surface area (Å²) >= 11 is 5.92. The Kier molecular flexibility index (Phi) is 4.52. The van der Waals surface area contributed by atoms with Crippen molar-refractivity contribution in [2.24, 2.45) is 23.7 Å². The summed E-state index contributed by atoms with van der Waals surface area (Å²) in [5, 5.41) is 12.5. The molecule has 23 heavy (non-hydrogen) atoms. The minimum Gasteiger partial charge on any atom is -0.481 e. The Hall–Kier alpha value is -2.08. The number of allylic oxidation sites excluding steroid dienone is 2. The summed E-state index contributed by atoms with van der Waals surface area (Å²) in [6, 6.07) is 3.37. The normalized spacial score (nSPS) is 27.9. The van der Waals surface area contributed by atoms with E-state index >= 15 is 0 Å². The van der Waals surface area contributed by atoms with Crippen LogP contribution in [0.15, 0.2) is 30.5 Å². The number of ether oxygens (including phenoxy) is 1. The second-order valence-corrected chi connectivity index (χ2v) is 6.18. The van der Waals surface area contributed by atoms with Crippen molar-refractivity contribution in [3.8, 4) is 5.88 Å². The number of rotatable bonds is 6. The molecule has 4 unspecified atom stereocenters. The number of carboxylic acid groups (broad SMARTS) is 1. The fourth-order valence-corrected chi connectivity index (χ4v) is 3.61. The number of aromatic nitrogens is 1. The first-order valence-corrected chi connectivity index (χ1v) is 7.88. The van der Waals surface area contributed by atoms with Gasteiger partial charge in [-0.05, 0) is 30.4 Å². The van der Waals surface area contributed by atoms with Crippen molar-refractivity contribution < 1.29 is 19.4 Å². The summed E-state index contributed by atoms with van der Waals surface area (Å²) in [4.78, 5) is 27.7. The van der Waals surface area contributed by atoms with Crippen LogP contribution in [-0.2, 0) is 9.59 Å². The van der Waals surface area contributed by atoms with Crippen molar-refractivity contribution in [3.05, 3.63) is 35.5 Å². The highest BCUT2D eigenvalue weighted by molar-refractivity contribution is 6.31. The quantitative estimate of drug-likeness (QED) is 0.610. The van der Waals surface area contributed by atoms with Crippen LogP contribution < -0.4 is 10.1 Å². The predicted octanol–water partition coefficient (Wildman–Crippen LogP) is 1.75. The number of halogens is 1. The molecule has 1 aromatic heterocycles. The molecule has 1 saturated carbocycles. The third-order valence-electron chi connectivity index (χ3n) is 4.41. The van der Waals surface area contributed by atoms with Gasteiger partial charge in [0.05, 0.1) is 18.4 Å². The van der Waals surface area contributed by atoms with Gasteiger partial charge >= 0.3 is 5.97 Å². The van der Waals surface area contributed by atoms with Crippen LogP contribution in [0.25, 0.3) is 0 Å². The molecule has 3 rings (SSSR count). The van der Waals surface area contributed by atoms with Gasteiger partial charge in [0.15, 0.2) is 0 Å². The number of hydrogen-bond donors (Lipinski definition) is 2. The van der Waals surface area contributed by atoms with E-state index in [1.807, 2.05) is 12.2 Å². The van der Waals surface area contributed by atoms with E-state index in [1.165, 1.54) is 0 Å². The van der Waals surface area contributed by atoms with Crippen molar-refractivity contribution in [2.75, 3.05) is 13.2 Å². The Morgan fingerprint density at radius 2 is 2.09 bits per heavy atom. The zero-order valence-electron chi connectivity index (χ0n) is 12.3. The van der Waals surface area contributed by atoms with E-state index in [-0.39, 0.29) is 30.9 Å². The summed E-state index contributed by atoms with van der Waals surface area (Å²) in [6.45, 7) is 0.493. The van der Waals surface area contributed by atoms with E-state index in [0.29, 0.717) is 10.9 Å².